The molecule has 1 aromatic carbocycles. The maximum absolute atomic E-state index is 12.2. The third kappa shape index (κ3) is 4.87. The number of ether oxygens (including phenoxy) is 1. The van der Waals surface area contributed by atoms with E-state index in [1.54, 1.807) is 24.3 Å². The lowest BCUT2D eigenvalue weighted by Gasteiger charge is -2.06. The maximum atomic E-state index is 12.2. The van der Waals surface area contributed by atoms with E-state index in [0.29, 0.717) is 22.3 Å². The first-order chi connectivity index (χ1) is 12.5. The predicted octanol–water partition coefficient (Wildman–Crippen LogP) is 6.79. The SMILES string of the molecule is CCc1ccc(C(=O)/C=C/c2ccc(COc3ccc(Br)cc3Cl)o2)s1. The van der Waals surface area contributed by atoms with Crippen LogP contribution >= 0.6 is 38.9 Å². The van der Waals surface area contributed by atoms with Crippen LogP contribution in [0.25, 0.3) is 6.08 Å². The van der Waals surface area contributed by atoms with Crippen molar-refractivity contribution in [1.82, 2.24) is 0 Å². The second-order valence-corrected chi connectivity index (χ2v) is 7.98. The molecule has 0 atom stereocenters. The summed E-state index contributed by atoms with van der Waals surface area (Å²) in [6.45, 7) is 2.33. The number of furan rings is 1. The molecule has 2 heterocycles. The van der Waals surface area contributed by atoms with Crippen LogP contribution < -0.4 is 4.74 Å². The smallest absolute Gasteiger partial charge is 0.195 e. The van der Waals surface area contributed by atoms with Crippen molar-refractivity contribution in [3.05, 3.63) is 79.3 Å². The summed E-state index contributed by atoms with van der Waals surface area (Å²) in [4.78, 5) is 14.1. The molecule has 0 saturated heterocycles. The minimum atomic E-state index is -0.0226. The second kappa shape index (κ2) is 8.71. The highest BCUT2D eigenvalue weighted by Crippen LogP contribution is 2.28. The number of hydrogen-bond donors (Lipinski definition) is 0. The van der Waals surface area contributed by atoms with Crippen molar-refractivity contribution in [2.45, 2.75) is 20.0 Å². The van der Waals surface area contributed by atoms with E-state index in [0.717, 1.165) is 15.8 Å². The summed E-state index contributed by atoms with van der Waals surface area (Å²) in [7, 11) is 0. The zero-order chi connectivity index (χ0) is 18.5. The Labute approximate surface area is 169 Å². The Morgan fingerprint density at radius 1 is 1.27 bits per heavy atom. The fourth-order valence-electron chi connectivity index (χ4n) is 2.24. The van der Waals surface area contributed by atoms with Gasteiger partial charge < -0.3 is 9.15 Å². The molecule has 0 bridgehead atoms. The molecule has 2 aromatic heterocycles. The van der Waals surface area contributed by atoms with E-state index < -0.39 is 0 Å². The number of hydrogen-bond acceptors (Lipinski definition) is 4. The van der Waals surface area contributed by atoms with Gasteiger partial charge in [-0.3, -0.25) is 4.79 Å². The van der Waals surface area contributed by atoms with Gasteiger partial charge in [-0.15, -0.1) is 11.3 Å². The molecule has 3 rings (SSSR count). The lowest BCUT2D eigenvalue weighted by atomic mass is 10.2. The quantitative estimate of drug-likeness (QED) is 0.293. The number of ketones is 1. The van der Waals surface area contributed by atoms with Crippen LogP contribution in [-0.2, 0) is 13.0 Å². The van der Waals surface area contributed by atoms with Crippen molar-refractivity contribution in [3.8, 4) is 5.75 Å². The van der Waals surface area contributed by atoms with Gasteiger partial charge in [-0.25, -0.2) is 0 Å². The standard InChI is InChI=1S/C20H16BrClO3S/c1-2-16-7-10-20(26-16)18(23)8-6-14-4-5-15(25-14)12-24-19-9-3-13(21)11-17(19)22/h3-11H,2,12H2,1H3/b8-6+. The summed E-state index contributed by atoms with van der Waals surface area (Å²) < 4.78 is 12.2. The third-order valence-electron chi connectivity index (χ3n) is 3.60. The summed E-state index contributed by atoms with van der Waals surface area (Å²) >= 11 is 11.0. The first kappa shape index (κ1) is 19.0. The number of halogens is 2. The Hall–Kier alpha value is -1.82. The van der Waals surface area contributed by atoms with Crippen molar-refractivity contribution in [3.63, 3.8) is 0 Å². The molecule has 0 N–H and O–H groups in total. The molecule has 134 valence electrons. The minimum Gasteiger partial charge on any atom is -0.484 e. The summed E-state index contributed by atoms with van der Waals surface area (Å²) in [5.74, 6) is 1.82. The van der Waals surface area contributed by atoms with Gasteiger partial charge in [0.05, 0.1) is 9.90 Å². The van der Waals surface area contributed by atoms with Crippen LogP contribution in [0.5, 0.6) is 5.75 Å². The van der Waals surface area contributed by atoms with Crippen LogP contribution in [0.3, 0.4) is 0 Å². The summed E-state index contributed by atoms with van der Waals surface area (Å²) in [5, 5.41) is 0.527. The molecule has 6 heteroatoms. The van der Waals surface area contributed by atoms with Gasteiger partial charge in [0.1, 0.15) is 23.9 Å². The molecule has 0 radical (unpaired) electrons. The second-order valence-electron chi connectivity index (χ2n) is 5.48. The molecule has 0 spiro atoms. The fraction of sp³-hybridized carbons (Fsp3) is 0.150. The largest absolute Gasteiger partial charge is 0.484 e. The predicted molar refractivity (Wildman–Crippen MR) is 109 cm³/mol. The number of thiophene rings is 1. The summed E-state index contributed by atoms with van der Waals surface area (Å²) in [5.41, 5.74) is 0. The molecule has 0 aliphatic rings. The van der Waals surface area contributed by atoms with Crippen LogP contribution in [0.4, 0.5) is 0 Å². The number of carbonyl (C=O) groups is 1. The molecule has 0 amide bonds. The van der Waals surface area contributed by atoms with Gasteiger partial charge in [-0.05, 0) is 61.0 Å². The zero-order valence-corrected chi connectivity index (χ0v) is 17.2. The molecular formula is C20H16BrClO3S. The van der Waals surface area contributed by atoms with Crippen molar-refractivity contribution in [2.75, 3.05) is 0 Å². The van der Waals surface area contributed by atoms with E-state index in [2.05, 4.69) is 22.9 Å². The van der Waals surface area contributed by atoms with E-state index in [9.17, 15) is 4.79 Å². The van der Waals surface area contributed by atoms with Gasteiger partial charge in [0, 0.05) is 9.35 Å². The van der Waals surface area contributed by atoms with E-state index in [4.69, 9.17) is 20.8 Å². The summed E-state index contributed by atoms with van der Waals surface area (Å²) in [6, 6.07) is 12.9. The molecule has 0 aliphatic carbocycles. The lowest BCUT2D eigenvalue weighted by molar-refractivity contribution is 0.105. The highest BCUT2D eigenvalue weighted by Gasteiger charge is 2.07. The number of rotatable bonds is 7. The minimum absolute atomic E-state index is 0.0226. The lowest BCUT2D eigenvalue weighted by Crippen LogP contribution is -1.94. The molecule has 0 unspecified atom stereocenters. The van der Waals surface area contributed by atoms with Crippen LogP contribution in [-0.4, -0.2) is 5.78 Å². The van der Waals surface area contributed by atoms with Crippen molar-refractivity contribution < 1.29 is 13.9 Å². The Morgan fingerprint density at radius 3 is 2.85 bits per heavy atom. The molecule has 0 saturated carbocycles. The molecular weight excluding hydrogens is 436 g/mol. The number of benzene rings is 1. The highest BCUT2D eigenvalue weighted by atomic mass is 79.9. The van der Waals surface area contributed by atoms with Gasteiger partial charge in [0.25, 0.3) is 0 Å². The molecule has 0 aliphatic heterocycles. The average Bonchev–Trinajstić information content (AvgIpc) is 3.28. The van der Waals surface area contributed by atoms with Crippen molar-refractivity contribution in [1.29, 1.82) is 0 Å². The Balaban J connectivity index is 1.59. The number of aryl methyl sites for hydroxylation is 1. The Kier molecular flexibility index (Phi) is 6.35. The highest BCUT2D eigenvalue weighted by molar-refractivity contribution is 9.10. The molecule has 26 heavy (non-hydrogen) atoms. The van der Waals surface area contributed by atoms with Crippen molar-refractivity contribution in [2.24, 2.45) is 0 Å². The molecule has 0 fully saturated rings. The topological polar surface area (TPSA) is 39.4 Å². The fourth-order valence-corrected chi connectivity index (χ4v) is 3.84. The van der Waals surface area contributed by atoms with Gasteiger partial charge in [-0.2, -0.15) is 0 Å². The van der Waals surface area contributed by atoms with Gasteiger partial charge in [0.15, 0.2) is 5.78 Å². The van der Waals surface area contributed by atoms with Crippen LogP contribution in [0.2, 0.25) is 5.02 Å². The zero-order valence-electron chi connectivity index (χ0n) is 14.0. The van der Waals surface area contributed by atoms with Crippen LogP contribution in [0.1, 0.15) is 33.0 Å². The molecule has 3 nitrogen and oxygen atoms in total. The monoisotopic (exact) mass is 450 g/mol. The Morgan fingerprint density at radius 2 is 2.12 bits per heavy atom. The van der Waals surface area contributed by atoms with E-state index in [1.165, 1.54) is 22.3 Å². The van der Waals surface area contributed by atoms with E-state index in [-0.39, 0.29) is 12.4 Å². The number of allylic oxidation sites excluding steroid dienone is 1. The van der Waals surface area contributed by atoms with Gasteiger partial charge in [0.2, 0.25) is 0 Å². The molecule has 3 aromatic rings. The van der Waals surface area contributed by atoms with Gasteiger partial charge in [-0.1, -0.05) is 34.5 Å². The number of carbonyl (C=O) groups excluding carboxylic acids is 1. The van der Waals surface area contributed by atoms with Crippen LogP contribution in [0.15, 0.2) is 57.4 Å². The summed E-state index contributed by atoms with van der Waals surface area (Å²) in [6.07, 6.45) is 4.13. The first-order valence-electron chi connectivity index (χ1n) is 8.03. The first-order valence-corrected chi connectivity index (χ1v) is 10.0. The van der Waals surface area contributed by atoms with E-state index >= 15 is 0 Å². The third-order valence-corrected chi connectivity index (χ3v) is 5.63. The van der Waals surface area contributed by atoms with Crippen molar-refractivity contribution >= 4 is 50.7 Å². The van der Waals surface area contributed by atoms with E-state index in [1.807, 2.05) is 24.3 Å². The maximum Gasteiger partial charge on any atom is 0.195 e. The Bertz CT molecular complexity index is 942. The van der Waals surface area contributed by atoms with Gasteiger partial charge >= 0.3 is 0 Å². The van der Waals surface area contributed by atoms with Crippen LogP contribution in [0, 0.1) is 0 Å². The normalized spacial score (nSPS) is 11.2. The average molecular weight is 452 g/mol.